The smallest absolute Gasteiger partial charge is 0.308 e. The predicted molar refractivity (Wildman–Crippen MR) is 78.6 cm³/mol. The molecule has 0 aliphatic rings. The zero-order chi connectivity index (χ0) is 15.5. The molecule has 0 aliphatic carbocycles. The first-order chi connectivity index (χ1) is 9.88. The molecule has 21 heavy (non-hydrogen) atoms. The van der Waals surface area contributed by atoms with Gasteiger partial charge in [0.1, 0.15) is 4.21 Å². The van der Waals surface area contributed by atoms with E-state index in [4.69, 9.17) is 5.11 Å². The van der Waals surface area contributed by atoms with E-state index < -0.39 is 22.0 Å². The minimum absolute atomic E-state index is 0.0986. The van der Waals surface area contributed by atoms with Crippen molar-refractivity contribution in [3.63, 3.8) is 0 Å². The zero-order valence-electron chi connectivity index (χ0n) is 11.2. The molecule has 0 amide bonds. The van der Waals surface area contributed by atoms with Crippen molar-refractivity contribution in [3.05, 3.63) is 47.1 Å². The van der Waals surface area contributed by atoms with E-state index in [-0.39, 0.29) is 10.6 Å². The molecule has 0 fully saturated rings. The maximum atomic E-state index is 12.2. The number of hydrogen-bond donors (Lipinski definition) is 2. The van der Waals surface area contributed by atoms with E-state index in [9.17, 15) is 13.2 Å². The third-order valence-electron chi connectivity index (χ3n) is 2.69. The molecule has 2 rings (SSSR count). The number of thiophene rings is 1. The maximum Gasteiger partial charge on any atom is 0.308 e. The van der Waals surface area contributed by atoms with Crippen LogP contribution in [-0.4, -0.2) is 24.5 Å². The summed E-state index contributed by atoms with van der Waals surface area (Å²) in [6, 6.07) is 7.72. The molecule has 2 aromatic heterocycles. The highest BCUT2D eigenvalue weighted by Crippen LogP contribution is 2.23. The van der Waals surface area contributed by atoms with Crippen molar-refractivity contribution in [1.29, 1.82) is 0 Å². The van der Waals surface area contributed by atoms with Crippen molar-refractivity contribution in [3.8, 4) is 0 Å². The lowest BCUT2D eigenvalue weighted by atomic mass is 10.2. The lowest BCUT2D eigenvalue weighted by molar-refractivity contribution is -0.136. The predicted octanol–water partition coefficient (Wildman–Crippen LogP) is 1.81. The normalized spacial score (nSPS) is 13.0. The average Bonchev–Trinajstić information content (AvgIpc) is 2.88. The Morgan fingerprint density at radius 1 is 1.38 bits per heavy atom. The number of hydrogen-bond acceptors (Lipinski definition) is 5. The summed E-state index contributed by atoms with van der Waals surface area (Å²) in [5.74, 6) is -0.990. The molecule has 0 unspecified atom stereocenters. The number of rotatable bonds is 6. The van der Waals surface area contributed by atoms with Gasteiger partial charge in [-0.3, -0.25) is 9.78 Å². The molecule has 2 heterocycles. The van der Waals surface area contributed by atoms with Crippen molar-refractivity contribution in [1.82, 2.24) is 9.71 Å². The quantitative estimate of drug-likeness (QED) is 0.844. The molecule has 112 valence electrons. The number of nitrogens with one attached hydrogen (secondary N) is 1. The van der Waals surface area contributed by atoms with Gasteiger partial charge in [0.2, 0.25) is 0 Å². The van der Waals surface area contributed by atoms with Crippen molar-refractivity contribution in [2.45, 2.75) is 23.6 Å². The first kappa shape index (κ1) is 15.6. The highest BCUT2D eigenvalue weighted by Gasteiger charge is 2.21. The van der Waals surface area contributed by atoms with E-state index in [2.05, 4.69) is 9.71 Å². The van der Waals surface area contributed by atoms with Gasteiger partial charge in [-0.25, -0.2) is 13.1 Å². The summed E-state index contributed by atoms with van der Waals surface area (Å²) in [4.78, 5) is 15.2. The Hall–Kier alpha value is -1.77. The van der Waals surface area contributed by atoms with Gasteiger partial charge in [-0.15, -0.1) is 11.3 Å². The van der Waals surface area contributed by atoms with Crippen molar-refractivity contribution < 1.29 is 18.3 Å². The standard InChI is InChI=1S/C13H14N2O4S2/c1-9(11-4-2-3-7-14-11)15-21(18,19)13-6-5-10(20-13)8-12(16)17/h2-7,9,15H,8H2,1H3,(H,16,17)/t9-/m1/s1. The molecule has 0 saturated heterocycles. The molecular weight excluding hydrogens is 312 g/mol. The molecule has 0 bridgehead atoms. The molecule has 0 radical (unpaired) electrons. The molecular formula is C13H14N2O4S2. The minimum Gasteiger partial charge on any atom is -0.481 e. The second-order valence-corrected chi connectivity index (χ2v) is 7.50. The fourth-order valence-corrected chi connectivity index (χ4v) is 4.31. The van der Waals surface area contributed by atoms with Crippen LogP contribution in [0.1, 0.15) is 23.5 Å². The molecule has 0 aliphatic heterocycles. The first-order valence-corrected chi connectivity index (χ1v) is 8.42. The van der Waals surface area contributed by atoms with Crippen LogP contribution >= 0.6 is 11.3 Å². The van der Waals surface area contributed by atoms with Crippen LogP contribution in [-0.2, 0) is 21.2 Å². The fraction of sp³-hybridized carbons (Fsp3) is 0.231. The summed E-state index contributed by atoms with van der Waals surface area (Å²) < 4.78 is 27.1. The minimum atomic E-state index is -3.69. The number of aromatic nitrogens is 1. The third-order valence-corrected chi connectivity index (χ3v) is 5.81. The monoisotopic (exact) mass is 326 g/mol. The van der Waals surface area contributed by atoms with E-state index >= 15 is 0 Å². The molecule has 2 aromatic rings. The van der Waals surface area contributed by atoms with Gasteiger partial charge in [0, 0.05) is 11.1 Å². The number of sulfonamides is 1. The molecule has 0 spiro atoms. The second-order valence-electron chi connectivity index (χ2n) is 4.39. The Morgan fingerprint density at radius 2 is 2.14 bits per heavy atom. The van der Waals surface area contributed by atoms with Gasteiger partial charge in [0.05, 0.1) is 18.2 Å². The zero-order valence-corrected chi connectivity index (χ0v) is 12.8. The summed E-state index contributed by atoms with van der Waals surface area (Å²) in [5, 5.41) is 8.71. The van der Waals surface area contributed by atoms with Crippen molar-refractivity contribution in [2.24, 2.45) is 0 Å². The van der Waals surface area contributed by atoms with E-state index in [1.54, 1.807) is 31.3 Å². The Labute approximate surface area is 126 Å². The average molecular weight is 326 g/mol. The summed E-state index contributed by atoms with van der Waals surface area (Å²) in [6.45, 7) is 1.70. The van der Waals surface area contributed by atoms with Crippen molar-refractivity contribution >= 4 is 27.3 Å². The van der Waals surface area contributed by atoms with Crippen LogP contribution in [0.15, 0.2) is 40.7 Å². The summed E-state index contributed by atoms with van der Waals surface area (Å²) in [6.07, 6.45) is 1.41. The van der Waals surface area contributed by atoms with Crippen LogP contribution in [0.5, 0.6) is 0 Å². The number of carboxylic acids is 1. The molecule has 6 nitrogen and oxygen atoms in total. The van der Waals surface area contributed by atoms with Crippen LogP contribution < -0.4 is 4.72 Å². The highest BCUT2D eigenvalue weighted by atomic mass is 32.2. The van der Waals surface area contributed by atoms with Gasteiger partial charge in [-0.05, 0) is 31.2 Å². The number of nitrogens with zero attached hydrogens (tertiary/aromatic N) is 1. The van der Waals surface area contributed by atoms with Crippen LogP contribution in [0, 0.1) is 0 Å². The van der Waals surface area contributed by atoms with Gasteiger partial charge in [-0.1, -0.05) is 6.07 Å². The van der Waals surface area contributed by atoms with Crippen LogP contribution in [0.25, 0.3) is 0 Å². The highest BCUT2D eigenvalue weighted by molar-refractivity contribution is 7.91. The summed E-state index contributed by atoms with van der Waals surface area (Å²) in [7, 11) is -3.69. The van der Waals surface area contributed by atoms with Gasteiger partial charge < -0.3 is 5.11 Å². The van der Waals surface area contributed by atoms with Gasteiger partial charge in [0.25, 0.3) is 10.0 Å². The number of pyridine rings is 1. The molecule has 2 N–H and O–H groups in total. The van der Waals surface area contributed by atoms with Crippen molar-refractivity contribution in [2.75, 3.05) is 0 Å². The Morgan fingerprint density at radius 3 is 2.76 bits per heavy atom. The lowest BCUT2D eigenvalue weighted by Crippen LogP contribution is -2.26. The summed E-state index contributed by atoms with van der Waals surface area (Å²) in [5.41, 5.74) is 0.614. The van der Waals surface area contributed by atoms with Gasteiger partial charge in [0.15, 0.2) is 0 Å². The van der Waals surface area contributed by atoms with Crippen LogP contribution in [0.3, 0.4) is 0 Å². The van der Waals surface area contributed by atoms with Gasteiger partial charge >= 0.3 is 5.97 Å². The molecule has 0 aromatic carbocycles. The van der Waals surface area contributed by atoms with E-state index in [0.717, 1.165) is 11.3 Å². The Kier molecular flexibility index (Phi) is 4.71. The number of carboxylic acid groups (broad SMARTS) is 1. The maximum absolute atomic E-state index is 12.2. The largest absolute Gasteiger partial charge is 0.481 e. The molecule has 1 atom stereocenters. The van der Waals surface area contributed by atoms with E-state index in [1.165, 1.54) is 12.1 Å². The molecule has 8 heteroatoms. The molecule has 0 saturated carbocycles. The van der Waals surface area contributed by atoms with E-state index in [0.29, 0.717) is 10.6 Å². The third kappa shape index (κ3) is 4.10. The van der Waals surface area contributed by atoms with Gasteiger partial charge in [-0.2, -0.15) is 0 Å². The SMILES string of the molecule is C[C@@H](NS(=O)(=O)c1ccc(CC(=O)O)s1)c1ccccn1. The topological polar surface area (TPSA) is 96.4 Å². The Bertz CT molecular complexity index is 726. The number of carbonyl (C=O) groups is 1. The van der Waals surface area contributed by atoms with Crippen LogP contribution in [0.4, 0.5) is 0 Å². The fourth-order valence-electron chi connectivity index (χ4n) is 1.73. The van der Waals surface area contributed by atoms with E-state index in [1.807, 2.05) is 0 Å². The second kappa shape index (κ2) is 6.33. The Balaban J connectivity index is 2.15. The lowest BCUT2D eigenvalue weighted by Gasteiger charge is -2.12. The number of aliphatic carboxylic acids is 1. The van der Waals surface area contributed by atoms with Crippen LogP contribution in [0.2, 0.25) is 0 Å². The first-order valence-electron chi connectivity index (χ1n) is 6.12. The summed E-state index contributed by atoms with van der Waals surface area (Å²) >= 11 is 0.954.